The second kappa shape index (κ2) is 11.9. The SMILES string of the molecule is CN(CCc1ccccc1)C(=O)c1cccc(CN2C(=O)C(c3ccccc3)(c3ccccc3)N=C2NC(=O)O)c1. The Kier molecular flexibility index (Phi) is 7.92. The van der Waals surface area contributed by atoms with Gasteiger partial charge in [0.25, 0.3) is 11.8 Å². The van der Waals surface area contributed by atoms with E-state index in [2.05, 4.69) is 5.32 Å². The van der Waals surface area contributed by atoms with E-state index in [-0.39, 0.29) is 18.4 Å². The zero-order valence-corrected chi connectivity index (χ0v) is 22.6. The van der Waals surface area contributed by atoms with E-state index in [9.17, 15) is 19.5 Å². The number of nitrogens with one attached hydrogen (secondary N) is 1. The third-order valence-electron chi connectivity index (χ3n) is 7.13. The van der Waals surface area contributed by atoms with Crippen molar-refractivity contribution in [3.63, 3.8) is 0 Å². The summed E-state index contributed by atoms with van der Waals surface area (Å²) < 4.78 is 0. The van der Waals surface area contributed by atoms with Crippen LogP contribution in [0.1, 0.15) is 32.6 Å². The summed E-state index contributed by atoms with van der Waals surface area (Å²) in [6.07, 6.45) is -0.602. The van der Waals surface area contributed by atoms with Gasteiger partial charge in [-0.15, -0.1) is 0 Å². The molecule has 1 aliphatic rings. The minimum absolute atomic E-state index is 0.0220. The van der Waals surface area contributed by atoms with Crippen molar-refractivity contribution >= 4 is 23.9 Å². The summed E-state index contributed by atoms with van der Waals surface area (Å²) in [5, 5.41) is 11.9. The number of benzene rings is 4. The summed E-state index contributed by atoms with van der Waals surface area (Å²) >= 11 is 0. The van der Waals surface area contributed by atoms with Gasteiger partial charge in [0.2, 0.25) is 5.96 Å². The van der Waals surface area contributed by atoms with Crippen LogP contribution >= 0.6 is 0 Å². The van der Waals surface area contributed by atoms with Crippen LogP contribution < -0.4 is 5.32 Å². The zero-order chi connectivity index (χ0) is 28.8. The first-order valence-electron chi connectivity index (χ1n) is 13.3. The molecule has 4 aromatic rings. The van der Waals surface area contributed by atoms with E-state index in [0.717, 1.165) is 12.0 Å². The molecule has 206 valence electrons. The molecule has 8 nitrogen and oxygen atoms in total. The van der Waals surface area contributed by atoms with Gasteiger partial charge in [0.05, 0.1) is 6.54 Å². The first-order valence-corrected chi connectivity index (χ1v) is 13.3. The van der Waals surface area contributed by atoms with Crippen LogP contribution in [0.15, 0.2) is 120 Å². The molecular weight excluding hydrogens is 516 g/mol. The van der Waals surface area contributed by atoms with Crippen LogP contribution in [-0.2, 0) is 23.3 Å². The highest BCUT2D eigenvalue weighted by Crippen LogP contribution is 2.40. The van der Waals surface area contributed by atoms with E-state index in [1.54, 1.807) is 60.5 Å². The zero-order valence-electron chi connectivity index (χ0n) is 22.6. The van der Waals surface area contributed by atoms with Crippen LogP contribution in [0.3, 0.4) is 0 Å². The Balaban J connectivity index is 1.43. The first kappa shape index (κ1) is 27.3. The van der Waals surface area contributed by atoms with Gasteiger partial charge in [-0.25, -0.2) is 9.79 Å². The minimum atomic E-state index is -1.47. The van der Waals surface area contributed by atoms with Crippen molar-refractivity contribution in [1.82, 2.24) is 15.1 Å². The van der Waals surface area contributed by atoms with Crippen LogP contribution in [0.5, 0.6) is 0 Å². The Morgan fingerprint density at radius 2 is 1.39 bits per heavy atom. The summed E-state index contributed by atoms with van der Waals surface area (Å²) in [6.45, 7) is 0.571. The molecule has 0 fully saturated rings. The molecule has 0 saturated heterocycles. The van der Waals surface area contributed by atoms with Crippen LogP contribution in [0.2, 0.25) is 0 Å². The molecule has 0 spiro atoms. The van der Waals surface area contributed by atoms with E-state index in [0.29, 0.717) is 28.8 Å². The molecule has 0 aromatic heterocycles. The molecule has 5 rings (SSSR count). The van der Waals surface area contributed by atoms with Crippen LogP contribution in [0.25, 0.3) is 0 Å². The highest BCUT2D eigenvalue weighted by molar-refractivity contribution is 6.12. The lowest BCUT2D eigenvalue weighted by atomic mass is 9.83. The number of aliphatic imine (C=N–C) groups is 1. The van der Waals surface area contributed by atoms with Crippen molar-refractivity contribution in [3.8, 4) is 0 Å². The van der Waals surface area contributed by atoms with Crippen LogP contribution in [0.4, 0.5) is 4.79 Å². The molecule has 1 aliphatic heterocycles. The van der Waals surface area contributed by atoms with Gasteiger partial charge in [0.1, 0.15) is 0 Å². The maximum atomic E-state index is 14.3. The van der Waals surface area contributed by atoms with E-state index < -0.39 is 17.5 Å². The average Bonchev–Trinajstić information content (AvgIpc) is 3.27. The predicted molar refractivity (Wildman–Crippen MR) is 156 cm³/mol. The number of carbonyl (C=O) groups excluding carboxylic acids is 2. The van der Waals surface area contributed by atoms with Gasteiger partial charge in [-0.3, -0.25) is 19.8 Å². The molecule has 41 heavy (non-hydrogen) atoms. The average molecular weight is 547 g/mol. The van der Waals surface area contributed by atoms with Crippen molar-refractivity contribution in [2.45, 2.75) is 18.5 Å². The van der Waals surface area contributed by atoms with E-state index in [1.165, 1.54) is 4.90 Å². The molecule has 3 amide bonds. The van der Waals surface area contributed by atoms with Crippen LogP contribution in [-0.4, -0.2) is 52.4 Å². The monoisotopic (exact) mass is 546 g/mol. The smallest absolute Gasteiger partial charge is 0.411 e. The van der Waals surface area contributed by atoms with E-state index in [1.807, 2.05) is 66.7 Å². The highest BCUT2D eigenvalue weighted by atomic mass is 16.4. The van der Waals surface area contributed by atoms with Gasteiger partial charge >= 0.3 is 6.09 Å². The first-order chi connectivity index (χ1) is 19.9. The van der Waals surface area contributed by atoms with Gasteiger partial charge in [-0.05, 0) is 40.8 Å². The highest BCUT2D eigenvalue weighted by Gasteiger charge is 2.51. The van der Waals surface area contributed by atoms with Gasteiger partial charge in [0, 0.05) is 19.2 Å². The largest absolute Gasteiger partial charge is 0.465 e. The van der Waals surface area contributed by atoms with Crippen molar-refractivity contribution in [3.05, 3.63) is 143 Å². The van der Waals surface area contributed by atoms with E-state index in [4.69, 9.17) is 4.99 Å². The summed E-state index contributed by atoms with van der Waals surface area (Å²) in [6, 6.07) is 35.2. The number of carbonyl (C=O) groups is 3. The maximum Gasteiger partial charge on any atom is 0.411 e. The second-order valence-electron chi connectivity index (χ2n) is 9.86. The number of amides is 3. The molecule has 2 N–H and O–H groups in total. The normalized spacial score (nSPS) is 13.9. The molecule has 0 unspecified atom stereocenters. The van der Waals surface area contributed by atoms with E-state index >= 15 is 0 Å². The topological polar surface area (TPSA) is 102 Å². The van der Waals surface area contributed by atoms with Gasteiger partial charge in [-0.1, -0.05) is 103 Å². The Morgan fingerprint density at radius 3 is 1.98 bits per heavy atom. The minimum Gasteiger partial charge on any atom is -0.465 e. The summed E-state index contributed by atoms with van der Waals surface area (Å²) in [4.78, 5) is 47.0. The predicted octanol–water partition coefficient (Wildman–Crippen LogP) is 4.91. The molecule has 1 heterocycles. The Hall–Kier alpha value is -5.24. The van der Waals surface area contributed by atoms with Gasteiger partial charge < -0.3 is 10.0 Å². The third kappa shape index (κ3) is 5.72. The van der Waals surface area contributed by atoms with Crippen molar-refractivity contribution in [2.24, 2.45) is 4.99 Å². The standard InChI is InChI=1S/C33H30N4O4/c1-36(21-20-24-12-5-2-6-13-24)29(38)26-15-11-14-25(22-26)23-37-30(39)33(27-16-7-3-8-17-27,28-18-9-4-10-19-28)35-31(37)34-32(40)41/h2-19,22H,20-21,23H2,1H3,(H,34,35)(H,40,41). The van der Waals surface area contributed by atoms with Crippen molar-refractivity contribution in [2.75, 3.05) is 13.6 Å². The molecule has 0 aliphatic carbocycles. The second-order valence-corrected chi connectivity index (χ2v) is 9.86. The number of nitrogens with zero attached hydrogens (tertiary/aromatic N) is 3. The fourth-order valence-electron chi connectivity index (χ4n) is 5.05. The summed E-state index contributed by atoms with van der Waals surface area (Å²) in [5.41, 5.74) is 2.06. The fraction of sp³-hybridized carbons (Fsp3) is 0.152. The number of carboxylic acid groups (broad SMARTS) is 1. The Bertz CT molecular complexity index is 1530. The quantitative estimate of drug-likeness (QED) is 0.328. The molecule has 8 heteroatoms. The van der Waals surface area contributed by atoms with Gasteiger partial charge in [0.15, 0.2) is 5.54 Å². The van der Waals surface area contributed by atoms with Crippen LogP contribution in [0, 0.1) is 0 Å². The number of guanidine groups is 1. The molecular formula is C33H30N4O4. The number of rotatable bonds is 8. The van der Waals surface area contributed by atoms with Gasteiger partial charge in [-0.2, -0.15) is 0 Å². The molecule has 0 atom stereocenters. The maximum absolute atomic E-state index is 14.3. The lowest BCUT2D eigenvalue weighted by molar-refractivity contribution is -0.130. The lowest BCUT2D eigenvalue weighted by Crippen LogP contribution is -2.45. The third-order valence-corrected chi connectivity index (χ3v) is 7.13. The molecule has 0 saturated carbocycles. The fourth-order valence-corrected chi connectivity index (χ4v) is 5.05. The summed E-state index contributed by atoms with van der Waals surface area (Å²) in [7, 11) is 1.76. The van der Waals surface area contributed by atoms with Crippen molar-refractivity contribution < 1.29 is 19.5 Å². The molecule has 4 aromatic carbocycles. The Morgan fingerprint density at radius 1 is 0.829 bits per heavy atom. The molecule has 0 radical (unpaired) electrons. The van der Waals surface area contributed by atoms with Crippen molar-refractivity contribution in [1.29, 1.82) is 0 Å². The summed E-state index contributed by atoms with van der Waals surface area (Å²) in [5.74, 6) is -0.613. The Labute approximate surface area is 238 Å². The number of hydrogen-bond acceptors (Lipinski definition) is 4. The molecule has 0 bridgehead atoms. The lowest BCUT2D eigenvalue weighted by Gasteiger charge is -2.27. The number of hydrogen-bond donors (Lipinski definition) is 2. The number of likely N-dealkylation sites (N-methyl/N-ethyl adjacent to an activating group) is 1.